The van der Waals surface area contributed by atoms with Crippen LogP contribution in [0.2, 0.25) is 0 Å². The van der Waals surface area contributed by atoms with Gasteiger partial charge in [-0.3, -0.25) is 4.79 Å². The molecule has 0 spiro atoms. The lowest BCUT2D eigenvalue weighted by Gasteiger charge is -2.34. The minimum absolute atomic E-state index is 0.0680. The third-order valence-electron chi connectivity index (χ3n) is 3.84. The second kappa shape index (κ2) is 5.70. The number of halogens is 1. The Balaban J connectivity index is 2.15. The number of aryl methyl sites for hydroxylation is 1. The summed E-state index contributed by atoms with van der Waals surface area (Å²) >= 11 is 0. The molecule has 0 aliphatic carbocycles. The Bertz CT molecular complexity index is 473. The smallest absolute Gasteiger partial charge is 0.256 e. The quantitative estimate of drug-likeness (QED) is 0.891. The van der Waals surface area contributed by atoms with E-state index in [0.717, 1.165) is 18.4 Å². The zero-order chi connectivity index (χ0) is 14.0. The predicted molar refractivity (Wildman–Crippen MR) is 73.4 cm³/mol. The lowest BCUT2D eigenvalue weighted by atomic mass is 9.92. The SMILES string of the molecule is Cc1ccc(C(=O)N2CCC[C@@H]([C@@H](C)N)C2)c(F)c1. The molecule has 2 rings (SSSR count). The topological polar surface area (TPSA) is 46.3 Å². The molecule has 0 unspecified atom stereocenters. The van der Waals surface area contributed by atoms with Crippen molar-refractivity contribution in [3.05, 3.63) is 35.1 Å². The van der Waals surface area contributed by atoms with Crippen molar-refractivity contribution in [3.8, 4) is 0 Å². The molecule has 19 heavy (non-hydrogen) atoms. The maximum atomic E-state index is 13.8. The first kappa shape index (κ1) is 14.0. The third-order valence-corrected chi connectivity index (χ3v) is 3.84. The molecular weight excluding hydrogens is 243 g/mol. The van der Waals surface area contributed by atoms with Crippen molar-refractivity contribution >= 4 is 5.91 Å². The summed E-state index contributed by atoms with van der Waals surface area (Å²) in [5, 5.41) is 0. The summed E-state index contributed by atoms with van der Waals surface area (Å²) in [7, 11) is 0. The van der Waals surface area contributed by atoms with Crippen LogP contribution in [-0.4, -0.2) is 29.9 Å². The first-order valence-electron chi connectivity index (χ1n) is 6.80. The van der Waals surface area contributed by atoms with Crippen molar-refractivity contribution in [3.63, 3.8) is 0 Å². The fourth-order valence-corrected chi connectivity index (χ4v) is 2.59. The molecule has 0 bridgehead atoms. The van der Waals surface area contributed by atoms with E-state index >= 15 is 0 Å². The van der Waals surface area contributed by atoms with E-state index in [1.165, 1.54) is 6.07 Å². The van der Waals surface area contributed by atoms with E-state index in [9.17, 15) is 9.18 Å². The molecule has 1 amide bonds. The number of carbonyl (C=O) groups excluding carboxylic acids is 1. The van der Waals surface area contributed by atoms with Crippen LogP contribution in [-0.2, 0) is 0 Å². The minimum atomic E-state index is -0.437. The van der Waals surface area contributed by atoms with E-state index in [1.54, 1.807) is 17.0 Å². The van der Waals surface area contributed by atoms with Crippen molar-refractivity contribution < 1.29 is 9.18 Å². The van der Waals surface area contributed by atoms with E-state index in [1.807, 2.05) is 13.8 Å². The van der Waals surface area contributed by atoms with Gasteiger partial charge in [0.2, 0.25) is 0 Å². The van der Waals surface area contributed by atoms with Crippen molar-refractivity contribution in [1.29, 1.82) is 0 Å². The van der Waals surface area contributed by atoms with Gasteiger partial charge in [-0.15, -0.1) is 0 Å². The van der Waals surface area contributed by atoms with Crippen LogP contribution in [0.5, 0.6) is 0 Å². The van der Waals surface area contributed by atoms with Crippen LogP contribution in [0, 0.1) is 18.7 Å². The number of carbonyl (C=O) groups is 1. The Morgan fingerprint density at radius 1 is 1.53 bits per heavy atom. The highest BCUT2D eigenvalue weighted by molar-refractivity contribution is 5.94. The van der Waals surface area contributed by atoms with Crippen LogP contribution in [0.3, 0.4) is 0 Å². The average Bonchev–Trinajstić information content (AvgIpc) is 2.38. The fraction of sp³-hybridized carbons (Fsp3) is 0.533. The normalized spacial score (nSPS) is 21.3. The largest absolute Gasteiger partial charge is 0.338 e. The van der Waals surface area contributed by atoms with Crippen molar-refractivity contribution in [2.75, 3.05) is 13.1 Å². The second-order valence-corrected chi connectivity index (χ2v) is 5.50. The van der Waals surface area contributed by atoms with Crippen LogP contribution < -0.4 is 5.73 Å². The molecule has 1 heterocycles. The van der Waals surface area contributed by atoms with Crippen LogP contribution in [0.25, 0.3) is 0 Å². The van der Waals surface area contributed by atoms with E-state index in [4.69, 9.17) is 5.73 Å². The number of likely N-dealkylation sites (tertiary alicyclic amines) is 1. The van der Waals surface area contributed by atoms with E-state index in [2.05, 4.69) is 0 Å². The summed E-state index contributed by atoms with van der Waals surface area (Å²) in [5.74, 6) is -0.345. The van der Waals surface area contributed by atoms with E-state index < -0.39 is 5.82 Å². The first-order valence-corrected chi connectivity index (χ1v) is 6.80. The van der Waals surface area contributed by atoms with Gasteiger partial charge in [-0.2, -0.15) is 0 Å². The highest BCUT2D eigenvalue weighted by atomic mass is 19.1. The second-order valence-electron chi connectivity index (χ2n) is 5.50. The number of nitrogens with two attached hydrogens (primary N) is 1. The summed E-state index contributed by atoms with van der Waals surface area (Å²) in [5.41, 5.74) is 6.89. The molecule has 1 fully saturated rings. The van der Waals surface area contributed by atoms with Gasteiger partial charge in [-0.25, -0.2) is 4.39 Å². The number of piperidine rings is 1. The van der Waals surface area contributed by atoms with Crippen LogP contribution in [0.4, 0.5) is 4.39 Å². The van der Waals surface area contributed by atoms with Gasteiger partial charge in [0.15, 0.2) is 0 Å². The Kier molecular flexibility index (Phi) is 4.20. The summed E-state index contributed by atoms with van der Waals surface area (Å²) in [6.45, 7) is 5.09. The highest BCUT2D eigenvalue weighted by Gasteiger charge is 2.27. The Morgan fingerprint density at radius 2 is 2.26 bits per heavy atom. The minimum Gasteiger partial charge on any atom is -0.338 e. The van der Waals surface area contributed by atoms with Crippen molar-refractivity contribution in [2.24, 2.45) is 11.7 Å². The van der Waals surface area contributed by atoms with E-state index in [0.29, 0.717) is 19.0 Å². The van der Waals surface area contributed by atoms with Gasteiger partial charge in [-0.05, 0) is 50.3 Å². The summed E-state index contributed by atoms with van der Waals surface area (Å²) in [6.07, 6.45) is 1.98. The standard InChI is InChI=1S/C15H21FN2O/c1-10-5-6-13(14(16)8-10)15(19)18-7-3-4-12(9-18)11(2)17/h5-6,8,11-12H,3-4,7,9,17H2,1-2H3/t11-,12-/m1/s1. The number of rotatable bonds is 2. The first-order chi connectivity index (χ1) is 8.99. The number of benzene rings is 1. The van der Waals surface area contributed by atoms with Crippen LogP contribution >= 0.6 is 0 Å². The van der Waals surface area contributed by atoms with Gasteiger partial charge >= 0.3 is 0 Å². The monoisotopic (exact) mass is 264 g/mol. The van der Waals surface area contributed by atoms with Gasteiger partial charge in [0.05, 0.1) is 5.56 Å². The predicted octanol–water partition coefficient (Wildman–Crippen LogP) is 2.33. The Labute approximate surface area is 113 Å². The third kappa shape index (κ3) is 3.13. The molecule has 4 heteroatoms. The van der Waals surface area contributed by atoms with Crippen LogP contribution in [0.1, 0.15) is 35.7 Å². The zero-order valence-electron chi connectivity index (χ0n) is 11.5. The molecule has 2 N–H and O–H groups in total. The zero-order valence-corrected chi connectivity index (χ0v) is 11.5. The summed E-state index contributed by atoms with van der Waals surface area (Å²) in [4.78, 5) is 14.1. The average molecular weight is 264 g/mol. The Hall–Kier alpha value is -1.42. The van der Waals surface area contributed by atoms with Crippen molar-refractivity contribution in [1.82, 2.24) is 4.90 Å². The lowest BCUT2D eigenvalue weighted by Crippen LogP contribution is -2.45. The maximum absolute atomic E-state index is 13.8. The summed E-state index contributed by atoms with van der Waals surface area (Å²) < 4.78 is 13.8. The van der Waals surface area contributed by atoms with Gasteiger partial charge in [-0.1, -0.05) is 6.07 Å². The molecule has 1 aliphatic heterocycles. The molecule has 104 valence electrons. The van der Waals surface area contributed by atoms with E-state index in [-0.39, 0.29) is 17.5 Å². The fourth-order valence-electron chi connectivity index (χ4n) is 2.59. The molecule has 2 atom stereocenters. The number of hydrogen-bond acceptors (Lipinski definition) is 2. The molecule has 0 saturated carbocycles. The van der Waals surface area contributed by atoms with Gasteiger partial charge in [0, 0.05) is 19.1 Å². The molecule has 3 nitrogen and oxygen atoms in total. The maximum Gasteiger partial charge on any atom is 0.256 e. The molecule has 1 saturated heterocycles. The molecule has 1 aromatic carbocycles. The molecule has 0 radical (unpaired) electrons. The van der Waals surface area contributed by atoms with Gasteiger partial charge in [0.1, 0.15) is 5.82 Å². The number of nitrogens with zero attached hydrogens (tertiary/aromatic N) is 1. The Morgan fingerprint density at radius 3 is 2.89 bits per heavy atom. The van der Waals surface area contributed by atoms with Gasteiger partial charge in [0.25, 0.3) is 5.91 Å². The summed E-state index contributed by atoms with van der Waals surface area (Å²) in [6, 6.07) is 4.81. The lowest BCUT2D eigenvalue weighted by molar-refractivity contribution is 0.0656. The highest BCUT2D eigenvalue weighted by Crippen LogP contribution is 2.21. The number of amides is 1. The molecule has 0 aromatic heterocycles. The molecular formula is C15H21FN2O. The molecule has 1 aromatic rings. The van der Waals surface area contributed by atoms with Crippen molar-refractivity contribution in [2.45, 2.75) is 32.7 Å². The van der Waals surface area contributed by atoms with Crippen LogP contribution in [0.15, 0.2) is 18.2 Å². The van der Waals surface area contributed by atoms with Gasteiger partial charge < -0.3 is 10.6 Å². The molecule has 1 aliphatic rings. The number of hydrogen-bond donors (Lipinski definition) is 1.